The molecule has 2 heterocycles. The van der Waals surface area contributed by atoms with Gasteiger partial charge >= 0.3 is 0 Å². The Morgan fingerprint density at radius 3 is 2.70 bits per heavy atom. The van der Waals surface area contributed by atoms with Gasteiger partial charge in [-0.3, -0.25) is 0 Å². The Morgan fingerprint density at radius 1 is 1.10 bits per heavy atom. The van der Waals surface area contributed by atoms with Gasteiger partial charge in [0.05, 0.1) is 0 Å². The van der Waals surface area contributed by atoms with Crippen molar-refractivity contribution in [3.05, 3.63) is 30.3 Å². The van der Waals surface area contributed by atoms with Crippen molar-refractivity contribution in [1.82, 2.24) is 15.0 Å². The third-order valence-corrected chi connectivity index (χ3v) is 3.61. The topological polar surface area (TPSA) is 54.2 Å². The molecule has 1 aliphatic heterocycles. The zero-order chi connectivity index (χ0) is 13.6. The first-order chi connectivity index (χ1) is 9.92. The first-order valence-corrected chi connectivity index (χ1v) is 7.27. The van der Waals surface area contributed by atoms with Gasteiger partial charge in [-0.2, -0.15) is 4.98 Å². The Bertz CT molecular complexity index is 520. The van der Waals surface area contributed by atoms with Crippen molar-refractivity contribution >= 4 is 5.95 Å². The van der Waals surface area contributed by atoms with Gasteiger partial charge in [-0.05, 0) is 43.2 Å². The number of piperidine rings is 1. The lowest BCUT2D eigenvalue weighted by Crippen LogP contribution is -2.33. The minimum atomic E-state index is 0.561. The molecular weight excluding hydrogens is 252 g/mol. The standard InChI is InChI=1S/C15H20N4O/c1-3-7-13(8-4-1)14-17-15(18-20-14)16-9-12-19-10-5-2-6-11-19/h1,3-4,7-8H,2,5-6,9-12H2,(H,16,18). The fourth-order valence-corrected chi connectivity index (χ4v) is 2.50. The van der Waals surface area contributed by atoms with Gasteiger partial charge in [0, 0.05) is 18.7 Å². The highest BCUT2D eigenvalue weighted by Gasteiger charge is 2.11. The first-order valence-electron chi connectivity index (χ1n) is 7.27. The molecule has 0 atom stereocenters. The molecule has 20 heavy (non-hydrogen) atoms. The van der Waals surface area contributed by atoms with Crippen LogP contribution in [0.1, 0.15) is 19.3 Å². The monoisotopic (exact) mass is 272 g/mol. The molecule has 0 unspecified atom stereocenters. The molecular formula is C15H20N4O. The van der Waals surface area contributed by atoms with E-state index in [1.807, 2.05) is 30.3 Å². The Morgan fingerprint density at radius 2 is 1.90 bits per heavy atom. The number of benzene rings is 1. The maximum atomic E-state index is 5.26. The van der Waals surface area contributed by atoms with Crippen LogP contribution in [-0.4, -0.2) is 41.2 Å². The van der Waals surface area contributed by atoms with Gasteiger partial charge in [0.2, 0.25) is 0 Å². The molecule has 1 aliphatic rings. The molecule has 1 aromatic carbocycles. The quantitative estimate of drug-likeness (QED) is 0.906. The lowest BCUT2D eigenvalue weighted by molar-refractivity contribution is 0.237. The second kappa shape index (κ2) is 6.52. The highest BCUT2D eigenvalue weighted by Crippen LogP contribution is 2.17. The molecule has 2 aromatic rings. The molecule has 0 saturated carbocycles. The molecule has 3 rings (SSSR count). The normalized spacial score (nSPS) is 16.2. The number of aromatic nitrogens is 2. The molecule has 1 fully saturated rings. The van der Waals surface area contributed by atoms with Crippen LogP contribution in [0.3, 0.4) is 0 Å². The number of anilines is 1. The van der Waals surface area contributed by atoms with Crippen molar-refractivity contribution in [2.24, 2.45) is 0 Å². The van der Waals surface area contributed by atoms with E-state index < -0.39 is 0 Å². The Kier molecular flexibility index (Phi) is 4.28. The number of nitrogens with zero attached hydrogens (tertiary/aromatic N) is 3. The van der Waals surface area contributed by atoms with Crippen molar-refractivity contribution in [2.45, 2.75) is 19.3 Å². The summed E-state index contributed by atoms with van der Waals surface area (Å²) in [5.74, 6) is 1.13. The van der Waals surface area contributed by atoms with E-state index in [4.69, 9.17) is 4.52 Å². The van der Waals surface area contributed by atoms with Gasteiger partial charge in [0.15, 0.2) is 0 Å². The van der Waals surface area contributed by atoms with Crippen LogP contribution >= 0.6 is 0 Å². The van der Waals surface area contributed by atoms with Gasteiger partial charge in [0.25, 0.3) is 11.8 Å². The minimum Gasteiger partial charge on any atom is -0.350 e. The fourth-order valence-electron chi connectivity index (χ4n) is 2.50. The van der Waals surface area contributed by atoms with Crippen LogP contribution in [0.15, 0.2) is 34.9 Å². The second-order valence-electron chi connectivity index (χ2n) is 5.12. The summed E-state index contributed by atoms with van der Waals surface area (Å²) in [5, 5.41) is 7.18. The fraction of sp³-hybridized carbons (Fsp3) is 0.467. The van der Waals surface area contributed by atoms with E-state index in [0.717, 1.165) is 18.7 Å². The minimum absolute atomic E-state index is 0.561. The van der Waals surface area contributed by atoms with Crippen molar-refractivity contribution in [1.29, 1.82) is 0 Å². The highest BCUT2D eigenvalue weighted by atomic mass is 16.5. The highest BCUT2D eigenvalue weighted by molar-refractivity contribution is 5.53. The largest absolute Gasteiger partial charge is 0.350 e. The van der Waals surface area contributed by atoms with Crippen molar-refractivity contribution < 1.29 is 4.52 Å². The zero-order valence-electron chi connectivity index (χ0n) is 11.6. The molecule has 1 aromatic heterocycles. The number of nitrogens with one attached hydrogen (secondary N) is 1. The number of hydrogen-bond donors (Lipinski definition) is 1. The van der Waals surface area contributed by atoms with E-state index in [9.17, 15) is 0 Å². The van der Waals surface area contributed by atoms with E-state index in [-0.39, 0.29) is 0 Å². The molecule has 1 saturated heterocycles. The van der Waals surface area contributed by atoms with Gasteiger partial charge in [0.1, 0.15) is 0 Å². The molecule has 0 bridgehead atoms. The Hall–Kier alpha value is -1.88. The molecule has 0 amide bonds. The van der Waals surface area contributed by atoms with E-state index >= 15 is 0 Å². The summed E-state index contributed by atoms with van der Waals surface area (Å²) < 4.78 is 5.26. The summed E-state index contributed by atoms with van der Waals surface area (Å²) in [7, 11) is 0. The van der Waals surface area contributed by atoms with Crippen LogP contribution in [0.5, 0.6) is 0 Å². The van der Waals surface area contributed by atoms with Gasteiger partial charge in [-0.25, -0.2) is 0 Å². The zero-order valence-corrected chi connectivity index (χ0v) is 11.6. The molecule has 1 N–H and O–H groups in total. The summed E-state index contributed by atoms with van der Waals surface area (Å²) in [6.45, 7) is 4.31. The average Bonchev–Trinajstić information content (AvgIpc) is 2.98. The maximum absolute atomic E-state index is 5.26. The number of rotatable bonds is 5. The third kappa shape index (κ3) is 3.36. The van der Waals surface area contributed by atoms with E-state index in [0.29, 0.717) is 11.8 Å². The number of hydrogen-bond acceptors (Lipinski definition) is 5. The average molecular weight is 272 g/mol. The van der Waals surface area contributed by atoms with Gasteiger partial charge in [-0.15, -0.1) is 0 Å². The first kappa shape index (κ1) is 13.1. The van der Waals surface area contributed by atoms with E-state index in [2.05, 4.69) is 20.4 Å². The summed E-state index contributed by atoms with van der Waals surface area (Å²) >= 11 is 0. The summed E-state index contributed by atoms with van der Waals surface area (Å²) in [6.07, 6.45) is 4.01. The lowest BCUT2D eigenvalue weighted by Gasteiger charge is -2.26. The maximum Gasteiger partial charge on any atom is 0.263 e. The summed E-state index contributed by atoms with van der Waals surface area (Å²) in [4.78, 5) is 6.84. The van der Waals surface area contributed by atoms with Crippen LogP contribution in [0.4, 0.5) is 5.95 Å². The molecule has 0 radical (unpaired) electrons. The molecule has 0 aliphatic carbocycles. The predicted octanol–water partition coefficient (Wildman–Crippen LogP) is 2.63. The van der Waals surface area contributed by atoms with Gasteiger partial charge < -0.3 is 14.7 Å². The van der Waals surface area contributed by atoms with Crippen molar-refractivity contribution in [2.75, 3.05) is 31.5 Å². The van der Waals surface area contributed by atoms with Crippen LogP contribution in [-0.2, 0) is 0 Å². The second-order valence-corrected chi connectivity index (χ2v) is 5.12. The molecule has 5 nitrogen and oxygen atoms in total. The third-order valence-electron chi connectivity index (χ3n) is 3.61. The summed E-state index contributed by atoms with van der Waals surface area (Å²) in [6, 6.07) is 9.82. The van der Waals surface area contributed by atoms with Crippen LogP contribution in [0, 0.1) is 0 Å². The van der Waals surface area contributed by atoms with Crippen molar-refractivity contribution in [3.8, 4) is 11.5 Å². The smallest absolute Gasteiger partial charge is 0.263 e. The molecule has 0 spiro atoms. The Labute approximate surface area is 119 Å². The van der Waals surface area contributed by atoms with E-state index in [1.54, 1.807) is 0 Å². The lowest BCUT2D eigenvalue weighted by atomic mass is 10.1. The van der Waals surface area contributed by atoms with E-state index in [1.165, 1.54) is 32.4 Å². The molecule has 5 heteroatoms. The van der Waals surface area contributed by atoms with Crippen LogP contribution in [0.2, 0.25) is 0 Å². The van der Waals surface area contributed by atoms with Crippen molar-refractivity contribution in [3.63, 3.8) is 0 Å². The predicted molar refractivity (Wildman–Crippen MR) is 78.5 cm³/mol. The number of likely N-dealkylation sites (tertiary alicyclic amines) is 1. The van der Waals surface area contributed by atoms with Crippen LogP contribution < -0.4 is 5.32 Å². The molecule has 106 valence electrons. The van der Waals surface area contributed by atoms with Gasteiger partial charge in [-0.1, -0.05) is 24.6 Å². The van der Waals surface area contributed by atoms with Crippen LogP contribution in [0.25, 0.3) is 11.5 Å². The summed E-state index contributed by atoms with van der Waals surface area (Å²) in [5.41, 5.74) is 0.948. The SMILES string of the molecule is c1ccc(-c2nc(NCCN3CCCCC3)no2)cc1. The Balaban J connectivity index is 1.50.